The molecule has 0 aromatic carbocycles. The molecule has 0 rings (SSSR count). The molecule has 0 saturated carbocycles. The van der Waals surface area contributed by atoms with E-state index in [9.17, 15) is 23.2 Å². The van der Waals surface area contributed by atoms with Crippen molar-refractivity contribution in [2.24, 2.45) is 0 Å². The Morgan fingerprint density at radius 3 is 1.30 bits per heavy atom. The van der Waals surface area contributed by atoms with Gasteiger partial charge >= 0.3 is 37.7 Å². The summed E-state index contributed by atoms with van der Waals surface area (Å²) in [6.45, 7) is 0. The Morgan fingerprint density at radius 1 is 1.00 bits per heavy atom. The molecule has 46 valence electrons. The minimum absolute atomic E-state index is 0. The molecule has 8 heteroatoms. The van der Waals surface area contributed by atoms with E-state index in [2.05, 4.69) is 0 Å². The van der Waals surface area contributed by atoms with Gasteiger partial charge in [0.15, 0.2) is 0 Å². The molecular formula is C2BF3Li2O2. The van der Waals surface area contributed by atoms with E-state index >= 15 is 0 Å². The van der Waals surface area contributed by atoms with Crippen LogP contribution in [0.5, 0.6) is 0 Å². The van der Waals surface area contributed by atoms with Crippen LogP contribution in [-0.2, 0) is 0 Å². The van der Waals surface area contributed by atoms with Crippen molar-refractivity contribution >= 4 is 7.12 Å². The van der Waals surface area contributed by atoms with Crippen LogP contribution in [-0.4, -0.2) is 7.12 Å². The summed E-state index contributed by atoms with van der Waals surface area (Å²) in [5.41, 5.74) is -2.43. The molecule has 0 atom stereocenters. The van der Waals surface area contributed by atoms with Crippen LogP contribution in [0.4, 0.5) is 13.2 Å². The van der Waals surface area contributed by atoms with E-state index < -0.39 is 18.9 Å². The van der Waals surface area contributed by atoms with Gasteiger partial charge in [-0.05, 0) is 7.12 Å². The number of hydrogen-bond acceptors (Lipinski definition) is 2. The van der Waals surface area contributed by atoms with Gasteiger partial charge in [-0.25, -0.2) is 4.39 Å². The van der Waals surface area contributed by atoms with E-state index in [1.165, 1.54) is 0 Å². The first-order valence-corrected chi connectivity index (χ1v) is 1.58. The molecule has 2 nitrogen and oxygen atoms in total. The third kappa shape index (κ3) is 6.82. The number of hydrogen-bond donors (Lipinski definition) is 0. The Bertz CT molecular complexity index is 115. The molecule has 0 aromatic rings. The smallest absolute Gasteiger partial charge is 0.888 e. The predicted octanol–water partition coefficient (Wildman–Crippen LogP) is -7.18. The molecule has 0 aliphatic carbocycles. The van der Waals surface area contributed by atoms with Crippen LogP contribution < -0.4 is 47.8 Å². The quantitative estimate of drug-likeness (QED) is 0.338. The minimum atomic E-state index is -3.19. The van der Waals surface area contributed by atoms with Crippen molar-refractivity contribution in [1.29, 1.82) is 0 Å². The Balaban J connectivity index is -0.000000245. The molecule has 0 spiro atoms. The average Bonchev–Trinajstić information content (AvgIpc) is 1.64. The summed E-state index contributed by atoms with van der Waals surface area (Å²) in [7, 11) is -3.19. The molecule has 0 aliphatic heterocycles. The van der Waals surface area contributed by atoms with Crippen molar-refractivity contribution in [2.45, 2.75) is 0 Å². The zero-order chi connectivity index (χ0) is 6.73. The van der Waals surface area contributed by atoms with E-state index in [-0.39, 0.29) is 37.7 Å². The second-order valence-electron chi connectivity index (χ2n) is 0.940. The molecule has 0 unspecified atom stereocenters. The SMILES string of the molecule is [Li+].[Li+].[O-]B([O-])C(F)=C(F)F. The van der Waals surface area contributed by atoms with Gasteiger partial charge in [-0.15, -0.1) is 0 Å². The maximum Gasteiger partial charge on any atom is 1.00 e. The van der Waals surface area contributed by atoms with Gasteiger partial charge in [0.1, 0.15) is 0 Å². The predicted molar refractivity (Wildman–Crippen MR) is 16.1 cm³/mol. The molecule has 0 aromatic heterocycles. The van der Waals surface area contributed by atoms with E-state index in [0.717, 1.165) is 0 Å². The average molecular weight is 138 g/mol. The maximum atomic E-state index is 11.2. The van der Waals surface area contributed by atoms with Crippen molar-refractivity contribution in [3.05, 3.63) is 11.8 Å². The second kappa shape index (κ2) is 7.81. The molecule has 0 N–H and O–H groups in total. The molecule has 0 bridgehead atoms. The molecular weight excluding hydrogens is 138 g/mol. The molecule has 0 radical (unpaired) electrons. The van der Waals surface area contributed by atoms with Crippen molar-refractivity contribution in [1.82, 2.24) is 0 Å². The van der Waals surface area contributed by atoms with Crippen LogP contribution in [0.15, 0.2) is 11.8 Å². The summed E-state index contributed by atoms with van der Waals surface area (Å²) < 4.78 is 32.7. The van der Waals surface area contributed by atoms with Gasteiger partial charge in [0.05, 0.1) is 5.73 Å². The van der Waals surface area contributed by atoms with Crippen LogP contribution in [0.2, 0.25) is 0 Å². The summed E-state index contributed by atoms with van der Waals surface area (Å²) in [4.78, 5) is 0. The van der Waals surface area contributed by atoms with Crippen LogP contribution >= 0.6 is 0 Å². The fourth-order valence-electron chi connectivity index (χ4n) is 0.0891. The number of rotatable bonds is 1. The van der Waals surface area contributed by atoms with Gasteiger partial charge < -0.3 is 10.0 Å². The largest absolute Gasteiger partial charge is 1.00 e. The molecule has 0 saturated heterocycles. The molecule has 0 aliphatic rings. The zero-order valence-corrected chi connectivity index (χ0v) is 5.53. The fraction of sp³-hybridized carbons (Fsp3) is 0. The fourth-order valence-corrected chi connectivity index (χ4v) is 0.0891. The van der Waals surface area contributed by atoms with Crippen LogP contribution in [0, 0.1) is 0 Å². The standard InChI is InChI=1S/C2BF3O2.2Li/c4-1(2(5)6)3(7)8;;/q-2;2*+1. The van der Waals surface area contributed by atoms with Gasteiger partial charge in [-0.1, -0.05) is 0 Å². The van der Waals surface area contributed by atoms with Gasteiger partial charge in [0.25, 0.3) is 6.08 Å². The Labute approximate surface area is 80.0 Å². The molecule has 10 heavy (non-hydrogen) atoms. The first kappa shape index (κ1) is 17.0. The first-order valence-electron chi connectivity index (χ1n) is 1.58. The first-order chi connectivity index (χ1) is 3.55. The van der Waals surface area contributed by atoms with Crippen LogP contribution in [0.1, 0.15) is 0 Å². The van der Waals surface area contributed by atoms with E-state index in [4.69, 9.17) is 0 Å². The van der Waals surface area contributed by atoms with Crippen molar-refractivity contribution in [2.75, 3.05) is 0 Å². The summed E-state index contributed by atoms with van der Waals surface area (Å²) in [5.74, 6) is 0. The molecule has 0 amide bonds. The van der Waals surface area contributed by atoms with E-state index in [1.54, 1.807) is 0 Å². The van der Waals surface area contributed by atoms with Crippen LogP contribution in [0.3, 0.4) is 0 Å². The van der Waals surface area contributed by atoms with Crippen LogP contribution in [0.25, 0.3) is 0 Å². The summed E-state index contributed by atoms with van der Waals surface area (Å²) in [5, 5.41) is 18.4. The van der Waals surface area contributed by atoms with Crippen molar-refractivity contribution in [3.63, 3.8) is 0 Å². The maximum absolute atomic E-state index is 11.2. The summed E-state index contributed by atoms with van der Waals surface area (Å²) >= 11 is 0. The number of halogens is 3. The van der Waals surface area contributed by atoms with Gasteiger partial charge in [-0.3, -0.25) is 0 Å². The van der Waals surface area contributed by atoms with Crippen molar-refractivity contribution in [3.8, 4) is 0 Å². The third-order valence-electron chi connectivity index (χ3n) is 0.387. The van der Waals surface area contributed by atoms with Gasteiger partial charge in [0, 0.05) is 0 Å². The normalized spacial score (nSPS) is 6.90. The second-order valence-corrected chi connectivity index (χ2v) is 0.940. The molecule has 0 heterocycles. The Hall–Kier alpha value is 0.710. The van der Waals surface area contributed by atoms with Crippen molar-refractivity contribution < 1.29 is 60.9 Å². The zero-order valence-electron chi connectivity index (χ0n) is 5.53. The summed E-state index contributed by atoms with van der Waals surface area (Å²) in [6, 6.07) is 0. The minimum Gasteiger partial charge on any atom is -0.888 e. The summed E-state index contributed by atoms with van der Waals surface area (Å²) in [6.07, 6.45) is -2.83. The van der Waals surface area contributed by atoms with Gasteiger partial charge in [0.2, 0.25) is 0 Å². The molecule has 0 fully saturated rings. The Morgan fingerprint density at radius 2 is 1.30 bits per heavy atom. The third-order valence-corrected chi connectivity index (χ3v) is 0.387. The monoisotopic (exact) mass is 138 g/mol. The van der Waals surface area contributed by atoms with E-state index in [1.807, 2.05) is 0 Å². The Kier molecular flexibility index (Phi) is 13.3. The van der Waals surface area contributed by atoms with Gasteiger partial charge in [-0.2, -0.15) is 8.78 Å². The topological polar surface area (TPSA) is 46.1 Å². The van der Waals surface area contributed by atoms with E-state index in [0.29, 0.717) is 0 Å².